The Kier molecular flexibility index (Phi) is 5.65. The summed E-state index contributed by atoms with van der Waals surface area (Å²) in [4.78, 5) is 4.77. The number of anilines is 1. The van der Waals surface area contributed by atoms with Crippen molar-refractivity contribution < 1.29 is 17.9 Å². The van der Waals surface area contributed by atoms with Gasteiger partial charge in [-0.05, 0) is 43.3 Å². The van der Waals surface area contributed by atoms with Gasteiger partial charge in [-0.25, -0.2) is 12.8 Å². The van der Waals surface area contributed by atoms with Crippen LogP contribution in [0.1, 0.15) is 18.2 Å². The molecule has 2 aliphatic heterocycles. The minimum absolute atomic E-state index is 0.103. The molecule has 1 aromatic heterocycles. The molecule has 1 unspecified atom stereocenters. The summed E-state index contributed by atoms with van der Waals surface area (Å²) in [6.45, 7) is 4.79. The number of sulfonamides is 1. The van der Waals surface area contributed by atoms with Crippen LogP contribution in [0.25, 0.3) is 0 Å². The Balaban J connectivity index is 1.28. The van der Waals surface area contributed by atoms with Gasteiger partial charge in [-0.15, -0.1) is 0 Å². The lowest BCUT2D eigenvalue weighted by Crippen LogP contribution is -2.47. The molecular weight excluding hydrogens is 395 g/mol. The summed E-state index contributed by atoms with van der Waals surface area (Å²) in [5.74, 6) is -0.229. The second kappa shape index (κ2) is 8.06. The van der Waals surface area contributed by atoms with Crippen LogP contribution in [0.5, 0.6) is 0 Å². The van der Waals surface area contributed by atoms with Gasteiger partial charge in [0.25, 0.3) is 0 Å². The number of halogens is 1. The predicted molar refractivity (Wildman–Crippen MR) is 109 cm³/mol. The van der Waals surface area contributed by atoms with Crippen molar-refractivity contribution in [2.24, 2.45) is 7.05 Å². The third-order valence-electron chi connectivity index (χ3n) is 5.84. The van der Waals surface area contributed by atoms with E-state index in [0.29, 0.717) is 18.7 Å². The average Bonchev–Trinajstić information content (AvgIpc) is 3.10. The van der Waals surface area contributed by atoms with Gasteiger partial charge in [0.2, 0.25) is 10.0 Å². The summed E-state index contributed by atoms with van der Waals surface area (Å²) in [7, 11) is -1.80. The van der Waals surface area contributed by atoms with E-state index in [1.54, 1.807) is 36.0 Å². The quantitative estimate of drug-likeness (QED) is 0.789. The Morgan fingerprint density at radius 1 is 1.07 bits per heavy atom. The van der Waals surface area contributed by atoms with E-state index in [1.807, 2.05) is 0 Å². The predicted octanol–water partition coefficient (Wildman–Crippen LogP) is 1.41. The SMILES string of the molecule is Cn1ccc2c1C(O)CN(CCCN1CCN(c3ccc(F)cc3)CC1)S2(=O)=O. The van der Waals surface area contributed by atoms with E-state index >= 15 is 0 Å². The van der Waals surface area contributed by atoms with E-state index in [0.717, 1.165) is 38.4 Å². The van der Waals surface area contributed by atoms with Crippen LogP contribution < -0.4 is 4.90 Å². The van der Waals surface area contributed by atoms with E-state index in [9.17, 15) is 17.9 Å². The third kappa shape index (κ3) is 4.05. The molecule has 2 aliphatic rings. The van der Waals surface area contributed by atoms with Gasteiger partial charge in [0.05, 0.1) is 5.69 Å². The van der Waals surface area contributed by atoms with Crippen molar-refractivity contribution >= 4 is 15.7 Å². The number of hydrogen-bond donors (Lipinski definition) is 1. The Morgan fingerprint density at radius 2 is 1.76 bits per heavy atom. The number of piperazine rings is 1. The zero-order valence-corrected chi connectivity index (χ0v) is 17.4. The Morgan fingerprint density at radius 3 is 2.45 bits per heavy atom. The lowest BCUT2D eigenvalue weighted by Gasteiger charge is -2.36. The van der Waals surface area contributed by atoms with Crippen LogP contribution in [-0.2, 0) is 17.1 Å². The molecule has 158 valence electrons. The topological polar surface area (TPSA) is 69.0 Å². The first kappa shape index (κ1) is 20.3. The van der Waals surface area contributed by atoms with Gasteiger partial charge in [0.15, 0.2) is 0 Å². The van der Waals surface area contributed by atoms with Gasteiger partial charge in [0, 0.05) is 58.2 Å². The molecule has 29 heavy (non-hydrogen) atoms. The summed E-state index contributed by atoms with van der Waals surface area (Å²) in [5, 5.41) is 10.4. The summed E-state index contributed by atoms with van der Waals surface area (Å²) in [6.07, 6.45) is 1.59. The largest absolute Gasteiger partial charge is 0.385 e. The molecular formula is C20H27FN4O3S. The molecule has 3 heterocycles. The van der Waals surface area contributed by atoms with E-state index in [-0.39, 0.29) is 17.3 Å². The van der Waals surface area contributed by atoms with Crippen LogP contribution in [-0.4, -0.2) is 73.1 Å². The smallest absolute Gasteiger partial charge is 0.245 e. The highest BCUT2D eigenvalue weighted by molar-refractivity contribution is 7.89. The lowest BCUT2D eigenvalue weighted by molar-refractivity contribution is 0.128. The number of β-amino-alcohol motifs (C(OH)–C–C–N with tert-alkyl or cyclic N) is 1. The third-order valence-corrected chi connectivity index (χ3v) is 7.75. The van der Waals surface area contributed by atoms with Crippen molar-refractivity contribution in [3.8, 4) is 0 Å². The molecule has 1 N–H and O–H groups in total. The number of aliphatic hydroxyl groups excluding tert-OH is 1. The van der Waals surface area contributed by atoms with Gasteiger partial charge in [-0.3, -0.25) is 4.90 Å². The summed E-state index contributed by atoms with van der Waals surface area (Å²) < 4.78 is 41.8. The lowest BCUT2D eigenvalue weighted by atomic mass is 10.2. The molecule has 7 nitrogen and oxygen atoms in total. The zero-order valence-electron chi connectivity index (χ0n) is 16.5. The van der Waals surface area contributed by atoms with Crippen molar-refractivity contribution in [2.75, 3.05) is 50.7 Å². The van der Waals surface area contributed by atoms with Crippen molar-refractivity contribution in [1.29, 1.82) is 0 Å². The minimum atomic E-state index is -3.55. The van der Waals surface area contributed by atoms with Crippen LogP contribution in [0.15, 0.2) is 41.4 Å². The number of aliphatic hydroxyl groups is 1. The summed E-state index contributed by atoms with van der Waals surface area (Å²) in [6, 6.07) is 8.13. The van der Waals surface area contributed by atoms with Gasteiger partial charge in [0.1, 0.15) is 16.8 Å². The monoisotopic (exact) mass is 422 g/mol. The maximum Gasteiger partial charge on any atom is 0.245 e. The molecule has 0 spiro atoms. The van der Waals surface area contributed by atoms with E-state index in [4.69, 9.17) is 0 Å². The van der Waals surface area contributed by atoms with Crippen molar-refractivity contribution in [2.45, 2.75) is 17.4 Å². The number of aromatic nitrogens is 1. The molecule has 1 saturated heterocycles. The Labute approximate surface area is 171 Å². The number of nitrogens with zero attached hydrogens (tertiary/aromatic N) is 4. The summed E-state index contributed by atoms with van der Waals surface area (Å²) >= 11 is 0. The zero-order chi connectivity index (χ0) is 20.6. The van der Waals surface area contributed by atoms with Gasteiger partial charge in [-0.2, -0.15) is 4.31 Å². The van der Waals surface area contributed by atoms with Crippen LogP contribution in [0.2, 0.25) is 0 Å². The molecule has 1 aromatic carbocycles. The first-order valence-electron chi connectivity index (χ1n) is 9.92. The first-order valence-corrected chi connectivity index (χ1v) is 11.4. The molecule has 4 rings (SSSR count). The van der Waals surface area contributed by atoms with E-state index in [2.05, 4.69) is 9.80 Å². The second-order valence-corrected chi connectivity index (χ2v) is 9.62. The molecule has 0 radical (unpaired) electrons. The van der Waals surface area contributed by atoms with Crippen LogP contribution in [0.3, 0.4) is 0 Å². The van der Waals surface area contributed by atoms with Crippen molar-refractivity contribution in [1.82, 2.24) is 13.8 Å². The van der Waals surface area contributed by atoms with Crippen LogP contribution >= 0.6 is 0 Å². The Bertz CT molecular complexity index is 953. The van der Waals surface area contributed by atoms with E-state index in [1.165, 1.54) is 16.4 Å². The van der Waals surface area contributed by atoms with Gasteiger partial charge < -0.3 is 14.6 Å². The molecule has 9 heteroatoms. The van der Waals surface area contributed by atoms with Crippen LogP contribution in [0, 0.1) is 5.82 Å². The molecule has 1 atom stereocenters. The maximum atomic E-state index is 13.1. The molecule has 0 bridgehead atoms. The average molecular weight is 423 g/mol. The van der Waals surface area contributed by atoms with Gasteiger partial charge in [-0.1, -0.05) is 0 Å². The van der Waals surface area contributed by atoms with Crippen molar-refractivity contribution in [3.05, 3.63) is 48.0 Å². The van der Waals surface area contributed by atoms with Gasteiger partial charge >= 0.3 is 0 Å². The number of hydrogen-bond acceptors (Lipinski definition) is 5. The number of rotatable bonds is 5. The summed E-state index contributed by atoms with van der Waals surface area (Å²) in [5.41, 5.74) is 1.50. The van der Waals surface area contributed by atoms with E-state index < -0.39 is 16.1 Å². The molecule has 0 saturated carbocycles. The maximum absolute atomic E-state index is 13.1. The highest BCUT2D eigenvalue weighted by atomic mass is 32.2. The fourth-order valence-corrected chi connectivity index (χ4v) is 5.98. The number of benzene rings is 1. The fraction of sp³-hybridized carbons (Fsp3) is 0.500. The number of aryl methyl sites for hydroxylation is 1. The highest BCUT2D eigenvalue weighted by Gasteiger charge is 2.37. The standard InChI is InChI=1S/C20H27FN4O3S/c1-22-10-7-19-20(22)18(26)15-25(29(19,27)28)9-2-8-23-11-13-24(14-12-23)17-5-3-16(21)4-6-17/h3-7,10,18,26H,2,8-9,11-15H2,1H3. The Hall–Kier alpha value is -1.94. The normalized spacial score (nSPS) is 22.6. The highest BCUT2D eigenvalue weighted by Crippen LogP contribution is 2.32. The first-order chi connectivity index (χ1) is 13.9. The molecule has 2 aromatic rings. The molecule has 1 fully saturated rings. The molecule has 0 aliphatic carbocycles. The fourth-order valence-electron chi connectivity index (χ4n) is 4.22. The molecule has 0 amide bonds. The second-order valence-electron chi connectivity index (χ2n) is 7.71. The number of fused-ring (bicyclic) bond motifs is 1. The van der Waals surface area contributed by atoms with Crippen molar-refractivity contribution in [3.63, 3.8) is 0 Å². The minimum Gasteiger partial charge on any atom is -0.385 e. The van der Waals surface area contributed by atoms with Crippen LogP contribution in [0.4, 0.5) is 10.1 Å².